The van der Waals surface area contributed by atoms with E-state index in [-0.39, 0.29) is 41.6 Å². The van der Waals surface area contributed by atoms with Crippen molar-refractivity contribution in [3.63, 3.8) is 0 Å². The van der Waals surface area contributed by atoms with Crippen LogP contribution in [0.4, 0.5) is 4.79 Å². The predicted octanol–water partition coefficient (Wildman–Crippen LogP) is 7.07. The van der Waals surface area contributed by atoms with Crippen molar-refractivity contribution in [2.24, 2.45) is 0 Å². The Hall–Kier alpha value is -6.23. The molecule has 0 N–H and O–H groups in total. The summed E-state index contributed by atoms with van der Waals surface area (Å²) in [4.78, 5) is 60.4. The van der Waals surface area contributed by atoms with E-state index in [2.05, 4.69) is 6.58 Å². The van der Waals surface area contributed by atoms with Gasteiger partial charge in [0, 0.05) is 6.08 Å². The highest BCUT2D eigenvalue weighted by Crippen LogP contribution is 2.22. The fraction of sp³-hybridized carbons (Fsp3) is 0.162. The van der Waals surface area contributed by atoms with Crippen LogP contribution in [-0.4, -0.2) is 43.2 Å². The molecule has 48 heavy (non-hydrogen) atoms. The highest BCUT2D eigenvalue weighted by Gasteiger charge is 2.14. The number of carbonyl (C=O) groups excluding carboxylic acids is 5. The first-order valence-corrected chi connectivity index (χ1v) is 14.9. The van der Waals surface area contributed by atoms with Crippen LogP contribution in [0.1, 0.15) is 55.9 Å². The smallest absolute Gasteiger partial charge is 0.463 e. The molecular formula is C37H32O11. The summed E-state index contributed by atoms with van der Waals surface area (Å²) in [6.45, 7) is 5.63. The maximum absolute atomic E-state index is 12.6. The predicted molar refractivity (Wildman–Crippen MR) is 172 cm³/mol. The third-order valence-electron chi connectivity index (χ3n) is 6.54. The number of esters is 4. The zero-order chi connectivity index (χ0) is 34.3. The molecular weight excluding hydrogens is 620 g/mol. The lowest BCUT2D eigenvalue weighted by Gasteiger charge is -2.08. The van der Waals surface area contributed by atoms with E-state index in [4.69, 9.17) is 28.4 Å². The Bertz CT molecular complexity index is 1720. The van der Waals surface area contributed by atoms with Gasteiger partial charge in [0.15, 0.2) is 0 Å². The summed E-state index contributed by atoms with van der Waals surface area (Å²) in [5.41, 5.74) is 1.86. The van der Waals surface area contributed by atoms with Crippen LogP contribution in [0.25, 0.3) is 0 Å². The second kappa shape index (κ2) is 17.5. The van der Waals surface area contributed by atoms with Gasteiger partial charge in [-0.3, -0.25) is 0 Å². The van der Waals surface area contributed by atoms with Gasteiger partial charge in [-0.1, -0.05) is 24.3 Å². The first-order valence-electron chi connectivity index (χ1n) is 14.9. The number of rotatable bonds is 14. The molecule has 0 saturated heterocycles. The first kappa shape index (κ1) is 34.6. The number of hydrogen-bond acceptors (Lipinski definition) is 11. The molecule has 0 atom stereocenters. The molecule has 246 valence electrons. The Labute approximate surface area is 276 Å². The van der Waals surface area contributed by atoms with Gasteiger partial charge in [0.05, 0.1) is 29.9 Å². The molecule has 0 aliphatic heterocycles. The minimum atomic E-state index is -0.890. The number of ether oxygens (including phenoxy) is 6. The third-order valence-corrected chi connectivity index (χ3v) is 6.54. The zero-order valence-electron chi connectivity index (χ0n) is 26.0. The van der Waals surface area contributed by atoms with Crippen molar-refractivity contribution >= 4 is 30.0 Å². The Morgan fingerprint density at radius 2 is 0.854 bits per heavy atom. The average Bonchev–Trinajstić information content (AvgIpc) is 3.09. The molecule has 4 rings (SSSR count). The lowest BCUT2D eigenvalue weighted by Crippen LogP contribution is -2.12. The maximum atomic E-state index is 12.6. The van der Waals surface area contributed by atoms with Crippen LogP contribution in [0.15, 0.2) is 110 Å². The molecule has 0 radical (unpaired) electrons. The lowest BCUT2D eigenvalue weighted by atomic mass is 10.1. The van der Waals surface area contributed by atoms with E-state index in [9.17, 15) is 24.0 Å². The molecule has 11 heteroatoms. The van der Waals surface area contributed by atoms with Crippen LogP contribution in [0, 0.1) is 6.92 Å². The van der Waals surface area contributed by atoms with Gasteiger partial charge in [-0.25, -0.2) is 24.0 Å². The van der Waals surface area contributed by atoms with Gasteiger partial charge in [-0.2, -0.15) is 0 Å². The third kappa shape index (κ3) is 11.0. The Kier molecular flexibility index (Phi) is 12.6. The molecule has 0 fully saturated rings. The van der Waals surface area contributed by atoms with Crippen molar-refractivity contribution in [2.45, 2.75) is 26.2 Å². The SMILES string of the molecule is C=CC(=O)OCCCCCOC(=O)Oc1ccc(C(=O)Oc2ccc(C(=O)Oc3ccc(OC(=O)c4ccc(C)cc4)cc3)cc2)cc1. The largest absolute Gasteiger partial charge is 0.513 e. The van der Waals surface area contributed by atoms with Crippen molar-refractivity contribution in [2.75, 3.05) is 13.2 Å². The molecule has 0 bridgehead atoms. The first-order chi connectivity index (χ1) is 23.2. The Morgan fingerprint density at radius 1 is 0.500 bits per heavy atom. The van der Waals surface area contributed by atoms with E-state index >= 15 is 0 Å². The highest BCUT2D eigenvalue weighted by atomic mass is 16.7. The van der Waals surface area contributed by atoms with E-state index in [1.165, 1.54) is 72.8 Å². The van der Waals surface area contributed by atoms with E-state index in [1.54, 1.807) is 12.1 Å². The molecule has 0 saturated carbocycles. The molecule has 0 aromatic heterocycles. The fourth-order valence-electron chi connectivity index (χ4n) is 3.98. The van der Waals surface area contributed by atoms with Crippen molar-refractivity contribution < 1.29 is 52.4 Å². The van der Waals surface area contributed by atoms with Gasteiger partial charge >= 0.3 is 30.0 Å². The lowest BCUT2D eigenvalue weighted by molar-refractivity contribution is -0.137. The monoisotopic (exact) mass is 652 g/mol. The average molecular weight is 653 g/mol. The van der Waals surface area contributed by atoms with Crippen molar-refractivity contribution in [1.82, 2.24) is 0 Å². The normalized spacial score (nSPS) is 10.3. The van der Waals surface area contributed by atoms with E-state index < -0.39 is 30.0 Å². The molecule has 0 aliphatic carbocycles. The standard InChI is InChI=1S/C37H32O11/c1-3-33(38)43-23-5-4-6-24-44-37(42)48-32-17-13-28(14-18-32)35(40)45-29-15-11-27(12-16-29)36(41)47-31-21-19-30(20-22-31)46-34(39)26-9-7-25(2)8-10-26/h3,7-22H,1,4-6,23-24H2,2H3. The van der Waals surface area contributed by atoms with Crippen LogP contribution in [0.5, 0.6) is 23.0 Å². The minimum Gasteiger partial charge on any atom is -0.463 e. The molecule has 0 aliphatic rings. The number of carbonyl (C=O) groups is 5. The van der Waals surface area contributed by atoms with Gasteiger partial charge in [-0.05, 0) is 111 Å². The van der Waals surface area contributed by atoms with Crippen LogP contribution >= 0.6 is 0 Å². The molecule has 4 aromatic carbocycles. The highest BCUT2D eigenvalue weighted by molar-refractivity contribution is 5.93. The van der Waals surface area contributed by atoms with Gasteiger partial charge in [0.25, 0.3) is 0 Å². The van der Waals surface area contributed by atoms with Crippen molar-refractivity contribution in [3.8, 4) is 23.0 Å². The Balaban J connectivity index is 1.18. The summed E-state index contributed by atoms with van der Waals surface area (Å²) in [5.74, 6) is -1.39. The molecule has 0 spiro atoms. The topological polar surface area (TPSA) is 141 Å². The molecule has 4 aromatic rings. The summed E-state index contributed by atoms with van der Waals surface area (Å²) in [5, 5.41) is 0. The summed E-state index contributed by atoms with van der Waals surface area (Å²) in [6.07, 6.45) is 2.08. The summed E-state index contributed by atoms with van der Waals surface area (Å²) in [6, 6.07) is 24.5. The van der Waals surface area contributed by atoms with Crippen LogP contribution < -0.4 is 18.9 Å². The van der Waals surface area contributed by atoms with Gasteiger partial charge in [0.2, 0.25) is 0 Å². The summed E-state index contributed by atoms with van der Waals surface area (Å²) >= 11 is 0. The van der Waals surface area contributed by atoms with Crippen LogP contribution in [0.3, 0.4) is 0 Å². The fourth-order valence-corrected chi connectivity index (χ4v) is 3.98. The minimum absolute atomic E-state index is 0.135. The Morgan fingerprint density at radius 3 is 1.27 bits per heavy atom. The van der Waals surface area contributed by atoms with Crippen molar-refractivity contribution in [1.29, 1.82) is 0 Å². The molecule has 0 heterocycles. The second-order valence-electron chi connectivity index (χ2n) is 10.2. The number of hydrogen-bond donors (Lipinski definition) is 0. The van der Waals surface area contributed by atoms with Gasteiger partial charge in [0.1, 0.15) is 23.0 Å². The van der Waals surface area contributed by atoms with Gasteiger partial charge in [-0.15, -0.1) is 0 Å². The van der Waals surface area contributed by atoms with Crippen LogP contribution in [0.2, 0.25) is 0 Å². The molecule has 11 nitrogen and oxygen atoms in total. The summed E-state index contributed by atoms with van der Waals surface area (Å²) < 4.78 is 31.1. The molecule has 0 amide bonds. The quantitative estimate of drug-likeness (QED) is 0.0454. The zero-order valence-corrected chi connectivity index (χ0v) is 26.0. The van der Waals surface area contributed by atoms with Crippen molar-refractivity contribution in [3.05, 3.63) is 132 Å². The second-order valence-corrected chi connectivity index (χ2v) is 10.2. The van der Waals surface area contributed by atoms with Gasteiger partial charge < -0.3 is 28.4 Å². The van der Waals surface area contributed by atoms with E-state index in [0.717, 1.165) is 11.6 Å². The summed E-state index contributed by atoms with van der Waals surface area (Å²) in [7, 11) is 0. The van der Waals surface area contributed by atoms with E-state index in [0.29, 0.717) is 30.6 Å². The van der Waals surface area contributed by atoms with E-state index in [1.807, 2.05) is 19.1 Å². The number of aryl methyl sites for hydroxylation is 1. The number of unbranched alkanes of at least 4 members (excludes halogenated alkanes) is 2. The molecule has 0 unspecified atom stereocenters. The number of benzene rings is 4. The maximum Gasteiger partial charge on any atom is 0.513 e. The van der Waals surface area contributed by atoms with Crippen LogP contribution in [-0.2, 0) is 14.3 Å².